The van der Waals surface area contributed by atoms with E-state index in [4.69, 9.17) is 9.84 Å². The molecule has 0 aromatic carbocycles. The van der Waals surface area contributed by atoms with Gasteiger partial charge in [0.2, 0.25) is 0 Å². The standard InChI is InChI=1S/C11H20O3/c1-5-10(13)14-11(6-2,7-8-12)9(3)4/h5,9,12H,1,6-8H2,2-4H3. The Balaban J connectivity index is 4.65. The van der Waals surface area contributed by atoms with Crippen LogP contribution in [0.2, 0.25) is 0 Å². The molecule has 0 saturated carbocycles. The number of hydrogen-bond acceptors (Lipinski definition) is 3. The van der Waals surface area contributed by atoms with E-state index < -0.39 is 11.6 Å². The van der Waals surface area contributed by atoms with E-state index in [0.717, 1.165) is 6.08 Å². The normalized spacial score (nSPS) is 14.9. The van der Waals surface area contributed by atoms with Crippen molar-refractivity contribution in [3.8, 4) is 0 Å². The minimum absolute atomic E-state index is 0.0242. The fourth-order valence-electron chi connectivity index (χ4n) is 1.55. The molecule has 82 valence electrons. The van der Waals surface area contributed by atoms with Gasteiger partial charge in [-0.1, -0.05) is 27.4 Å². The lowest BCUT2D eigenvalue weighted by Gasteiger charge is -2.35. The highest BCUT2D eigenvalue weighted by molar-refractivity contribution is 5.81. The summed E-state index contributed by atoms with van der Waals surface area (Å²) in [7, 11) is 0. The minimum Gasteiger partial charge on any atom is -0.456 e. The Morgan fingerprint density at radius 2 is 2.21 bits per heavy atom. The van der Waals surface area contributed by atoms with E-state index in [1.165, 1.54) is 0 Å². The smallest absolute Gasteiger partial charge is 0.330 e. The summed E-state index contributed by atoms with van der Waals surface area (Å²) in [6.07, 6.45) is 2.33. The number of ether oxygens (including phenoxy) is 1. The molecule has 0 aliphatic rings. The van der Waals surface area contributed by atoms with Gasteiger partial charge in [-0.25, -0.2) is 4.79 Å². The number of hydrogen-bond donors (Lipinski definition) is 1. The van der Waals surface area contributed by atoms with Crippen molar-refractivity contribution in [1.82, 2.24) is 0 Å². The van der Waals surface area contributed by atoms with Crippen LogP contribution in [0.5, 0.6) is 0 Å². The van der Waals surface area contributed by atoms with Crippen LogP contribution in [-0.4, -0.2) is 23.3 Å². The number of esters is 1. The third kappa shape index (κ3) is 3.14. The molecule has 0 aliphatic carbocycles. The van der Waals surface area contributed by atoms with Crippen molar-refractivity contribution in [3.63, 3.8) is 0 Å². The Hall–Kier alpha value is -0.830. The summed E-state index contributed by atoms with van der Waals surface area (Å²) in [5.74, 6) is -0.238. The Kier molecular flexibility index (Phi) is 5.46. The molecular weight excluding hydrogens is 180 g/mol. The average Bonchev–Trinajstić information content (AvgIpc) is 2.16. The van der Waals surface area contributed by atoms with E-state index in [-0.39, 0.29) is 12.5 Å². The van der Waals surface area contributed by atoms with Crippen molar-refractivity contribution in [3.05, 3.63) is 12.7 Å². The van der Waals surface area contributed by atoms with Gasteiger partial charge in [-0.3, -0.25) is 0 Å². The summed E-state index contributed by atoms with van der Waals surface area (Å²) in [6.45, 7) is 9.30. The second kappa shape index (κ2) is 5.81. The van der Waals surface area contributed by atoms with Gasteiger partial charge >= 0.3 is 5.97 Å². The first-order chi connectivity index (χ1) is 6.52. The van der Waals surface area contributed by atoms with Gasteiger partial charge in [-0.15, -0.1) is 0 Å². The van der Waals surface area contributed by atoms with Crippen LogP contribution >= 0.6 is 0 Å². The van der Waals surface area contributed by atoms with E-state index >= 15 is 0 Å². The zero-order chi connectivity index (χ0) is 11.2. The summed E-state index contributed by atoms with van der Waals surface area (Å²) >= 11 is 0. The first-order valence-corrected chi connectivity index (χ1v) is 4.98. The first-order valence-electron chi connectivity index (χ1n) is 4.98. The molecule has 0 aliphatic heterocycles. The topological polar surface area (TPSA) is 46.5 Å². The lowest BCUT2D eigenvalue weighted by molar-refractivity contribution is -0.161. The predicted molar refractivity (Wildman–Crippen MR) is 55.9 cm³/mol. The molecule has 0 spiro atoms. The molecule has 0 amide bonds. The minimum atomic E-state index is -0.556. The van der Waals surface area contributed by atoms with Crippen molar-refractivity contribution in [2.75, 3.05) is 6.61 Å². The number of aliphatic hydroxyl groups is 1. The van der Waals surface area contributed by atoms with Gasteiger partial charge in [-0.05, 0) is 12.3 Å². The molecule has 3 nitrogen and oxygen atoms in total. The first kappa shape index (κ1) is 13.2. The van der Waals surface area contributed by atoms with E-state index in [1.54, 1.807) is 0 Å². The molecule has 0 aromatic rings. The molecule has 0 fully saturated rings. The van der Waals surface area contributed by atoms with Crippen LogP contribution < -0.4 is 0 Å². The van der Waals surface area contributed by atoms with Crippen LogP contribution in [0.4, 0.5) is 0 Å². The largest absolute Gasteiger partial charge is 0.456 e. The molecule has 0 rings (SSSR count). The van der Waals surface area contributed by atoms with Gasteiger partial charge in [0.15, 0.2) is 0 Å². The molecule has 0 saturated heterocycles. The van der Waals surface area contributed by atoms with Gasteiger partial charge in [0.05, 0.1) is 0 Å². The predicted octanol–water partition coefficient (Wildman–Crippen LogP) is 1.90. The second-order valence-corrected chi connectivity index (χ2v) is 3.67. The fourth-order valence-corrected chi connectivity index (χ4v) is 1.55. The zero-order valence-electron chi connectivity index (χ0n) is 9.25. The van der Waals surface area contributed by atoms with Crippen LogP contribution in [0.1, 0.15) is 33.6 Å². The maximum absolute atomic E-state index is 11.1. The van der Waals surface area contributed by atoms with Crippen molar-refractivity contribution in [1.29, 1.82) is 0 Å². The Morgan fingerprint density at radius 1 is 1.64 bits per heavy atom. The highest BCUT2D eigenvalue weighted by Gasteiger charge is 2.34. The van der Waals surface area contributed by atoms with E-state index in [9.17, 15) is 4.79 Å². The van der Waals surface area contributed by atoms with Crippen LogP contribution in [-0.2, 0) is 9.53 Å². The van der Waals surface area contributed by atoms with Gasteiger partial charge in [-0.2, -0.15) is 0 Å². The van der Waals surface area contributed by atoms with E-state index in [2.05, 4.69) is 6.58 Å². The molecule has 0 heterocycles. The van der Waals surface area contributed by atoms with Crippen LogP contribution in [0, 0.1) is 5.92 Å². The SMILES string of the molecule is C=CC(=O)OC(CC)(CCO)C(C)C. The van der Waals surface area contributed by atoms with Gasteiger partial charge in [0.25, 0.3) is 0 Å². The molecule has 3 heteroatoms. The van der Waals surface area contributed by atoms with Gasteiger partial charge in [0, 0.05) is 19.1 Å². The number of rotatable bonds is 6. The molecule has 0 bridgehead atoms. The molecule has 0 radical (unpaired) electrons. The maximum Gasteiger partial charge on any atom is 0.330 e. The van der Waals surface area contributed by atoms with Gasteiger partial charge in [0.1, 0.15) is 5.60 Å². The molecule has 0 aromatic heterocycles. The summed E-state index contributed by atoms with van der Waals surface area (Å²) in [4.78, 5) is 11.1. The molecule has 1 unspecified atom stereocenters. The molecular formula is C11H20O3. The average molecular weight is 200 g/mol. The number of carbonyl (C=O) groups excluding carboxylic acids is 1. The monoisotopic (exact) mass is 200 g/mol. The fraction of sp³-hybridized carbons (Fsp3) is 0.727. The van der Waals surface area contributed by atoms with Crippen LogP contribution in [0.3, 0.4) is 0 Å². The van der Waals surface area contributed by atoms with E-state index in [1.807, 2.05) is 20.8 Å². The highest BCUT2D eigenvalue weighted by atomic mass is 16.6. The molecule has 1 N–H and O–H groups in total. The molecule has 1 atom stereocenters. The van der Waals surface area contributed by atoms with Crippen molar-refractivity contribution >= 4 is 5.97 Å². The Morgan fingerprint density at radius 3 is 2.50 bits per heavy atom. The number of aliphatic hydroxyl groups excluding tert-OH is 1. The quantitative estimate of drug-likeness (QED) is 0.526. The summed E-state index contributed by atoms with van der Waals surface area (Å²) < 4.78 is 5.32. The maximum atomic E-state index is 11.1. The third-order valence-corrected chi connectivity index (χ3v) is 2.66. The summed E-state index contributed by atoms with van der Waals surface area (Å²) in [5, 5.41) is 8.95. The third-order valence-electron chi connectivity index (χ3n) is 2.66. The Labute approximate surface area is 85.8 Å². The van der Waals surface area contributed by atoms with E-state index in [0.29, 0.717) is 12.8 Å². The lowest BCUT2D eigenvalue weighted by Crippen LogP contribution is -2.40. The zero-order valence-corrected chi connectivity index (χ0v) is 9.25. The summed E-state index contributed by atoms with van der Waals surface area (Å²) in [5.41, 5.74) is -0.556. The van der Waals surface area contributed by atoms with Crippen molar-refractivity contribution < 1.29 is 14.6 Å². The number of carbonyl (C=O) groups is 1. The van der Waals surface area contributed by atoms with Crippen molar-refractivity contribution in [2.24, 2.45) is 5.92 Å². The van der Waals surface area contributed by atoms with Gasteiger partial charge < -0.3 is 9.84 Å². The van der Waals surface area contributed by atoms with Crippen LogP contribution in [0.15, 0.2) is 12.7 Å². The second-order valence-electron chi connectivity index (χ2n) is 3.67. The lowest BCUT2D eigenvalue weighted by atomic mass is 9.84. The van der Waals surface area contributed by atoms with Crippen LogP contribution in [0.25, 0.3) is 0 Å². The molecule has 14 heavy (non-hydrogen) atoms. The summed E-state index contributed by atoms with van der Waals surface area (Å²) in [6, 6.07) is 0. The Bertz CT molecular complexity index is 199. The highest BCUT2D eigenvalue weighted by Crippen LogP contribution is 2.29. The van der Waals surface area contributed by atoms with Crippen molar-refractivity contribution in [2.45, 2.75) is 39.2 Å².